The fraction of sp³-hybridized carbons (Fsp3) is 0.150. The Hall–Kier alpha value is -3.06. The van der Waals surface area contributed by atoms with Gasteiger partial charge in [-0.1, -0.05) is 11.3 Å². The number of anilines is 1. The number of thiazole rings is 1. The lowest BCUT2D eigenvalue weighted by Gasteiger charge is -2.07. The zero-order chi connectivity index (χ0) is 19.0. The molecule has 0 fully saturated rings. The number of hydrogen-bond acceptors (Lipinski definition) is 5. The molecule has 4 aromatic rings. The number of halogens is 1. The Kier molecular flexibility index (Phi) is 4.45. The summed E-state index contributed by atoms with van der Waals surface area (Å²) in [7, 11) is 0. The normalized spacial score (nSPS) is 11.1. The van der Waals surface area contributed by atoms with E-state index < -0.39 is 5.82 Å². The molecule has 0 radical (unpaired) electrons. The van der Waals surface area contributed by atoms with Crippen LogP contribution in [0.2, 0.25) is 0 Å². The number of rotatable bonds is 4. The molecule has 0 bridgehead atoms. The van der Waals surface area contributed by atoms with E-state index in [0.29, 0.717) is 33.9 Å². The van der Waals surface area contributed by atoms with Gasteiger partial charge in [0.05, 0.1) is 27.9 Å². The van der Waals surface area contributed by atoms with Gasteiger partial charge in [0.25, 0.3) is 5.91 Å². The first-order valence-corrected chi connectivity index (χ1v) is 9.27. The molecule has 4 rings (SSSR count). The van der Waals surface area contributed by atoms with Crippen LogP contribution in [-0.2, 0) is 0 Å². The maximum Gasteiger partial charge on any atom is 0.258 e. The van der Waals surface area contributed by atoms with Crippen LogP contribution in [0.3, 0.4) is 0 Å². The molecule has 0 saturated heterocycles. The number of aryl methyl sites for hydroxylation is 1. The van der Waals surface area contributed by atoms with E-state index in [2.05, 4.69) is 15.3 Å². The van der Waals surface area contributed by atoms with Gasteiger partial charge in [0.1, 0.15) is 11.6 Å². The number of amides is 1. The summed E-state index contributed by atoms with van der Waals surface area (Å²) in [4.78, 5) is 21.6. The number of carbonyl (C=O) groups is 1. The zero-order valence-corrected chi connectivity index (χ0v) is 15.6. The van der Waals surface area contributed by atoms with Gasteiger partial charge in [0, 0.05) is 11.1 Å². The smallest absolute Gasteiger partial charge is 0.258 e. The standard InChI is InChI=1S/C20H16FN3O2S/c1-3-26-13-5-7-17-18(10-13)27-20(23-17)24-19(25)15-8-11(2)22-16-6-4-12(21)9-14(15)16/h4-10H,3H2,1-2H3,(H,23,24,25). The van der Waals surface area contributed by atoms with Gasteiger partial charge in [-0.15, -0.1) is 0 Å². The Bertz CT molecular complexity index is 1170. The van der Waals surface area contributed by atoms with Crippen molar-refractivity contribution >= 4 is 43.5 Å². The van der Waals surface area contributed by atoms with Gasteiger partial charge in [-0.05, 0) is 56.3 Å². The fourth-order valence-electron chi connectivity index (χ4n) is 2.90. The van der Waals surface area contributed by atoms with Gasteiger partial charge in [-0.25, -0.2) is 9.37 Å². The van der Waals surface area contributed by atoms with Crippen molar-refractivity contribution in [2.75, 3.05) is 11.9 Å². The summed E-state index contributed by atoms with van der Waals surface area (Å²) in [5.74, 6) is 0.00332. The quantitative estimate of drug-likeness (QED) is 0.544. The summed E-state index contributed by atoms with van der Waals surface area (Å²) in [6.45, 7) is 4.30. The molecule has 5 nitrogen and oxygen atoms in total. The van der Waals surface area contributed by atoms with Crippen LogP contribution in [0.1, 0.15) is 23.0 Å². The molecule has 2 aromatic carbocycles. The minimum atomic E-state index is -0.411. The van der Waals surface area contributed by atoms with Crippen molar-refractivity contribution in [3.8, 4) is 5.75 Å². The van der Waals surface area contributed by atoms with E-state index in [9.17, 15) is 9.18 Å². The Labute approximate surface area is 158 Å². The molecule has 7 heteroatoms. The molecule has 0 aliphatic rings. The highest BCUT2D eigenvalue weighted by atomic mass is 32.1. The number of benzene rings is 2. The molecule has 2 aromatic heterocycles. The molecular weight excluding hydrogens is 365 g/mol. The third-order valence-corrected chi connectivity index (χ3v) is 4.97. The molecule has 0 saturated carbocycles. The van der Waals surface area contributed by atoms with Crippen molar-refractivity contribution in [2.24, 2.45) is 0 Å². The van der Waals surface area contributed by atoms with E-state index in [1.54, 1.807) is 19.1 Å². The third kappa shape index (κ3) is 3.46. The molecule has 0 spiro atoms. The van der Waals surface area contributed by atoms with Crippen LogP contribution in [0.25, 0.3) is 21.1 Å². The number of pyridine rings is 1. The van der Waals surface area contributed by atoms with Crippen LogP contribution in [-0.4, -0.2) is 22.5 Å². The van der Waals surface area contributed by atoms with E-state index in [1.807, 2.05) is 25.1 Å². The molecule has 27 heavy (non-hydrogen) atoms. The minimum Gasteiger partial charge on any atom is -0.494 e. The van der Waals surface area contributed by atoms with Gasteiger partial charge in [0.15, 0.2) is 5.13 Å². The van der Waals surface area contributed by atoms with Gasteiger partial charge >= 0.3 is 0 Å². The highest BCUT2D eigenvalue weighted by molar-refractivity contribution is 7.22. The maximum absolute atomic E-state index is 13.7. The lowest BCUT2D eigenvalue weighted by molar-refractivity contribution is 0.102. The van der Waals surface area contributed by atoms with Gasteiger partial charge in [-0.3, -0.25) is 15.1 Å². The van der Waals surface area contributed by atoms with Crippen LogP contribution >= 0.6 is 11.3 Å². The molecule has 136 valence electrons. The number of nitrogens with one attached hydrogen (secondary N) is 1. The molecule has 0 aliphatic heterocycles. The number of aromatic nitrogens is 2. The van der Waals surface area contributed by atoms with Crippen LogP contribution in [0.4, 0.5) is 9.52 Å². The predicted octanol–water partition coefficient (Wildman–Crippen LogP) is 4.94. The topological polar surface area (TPSA) is 64.1 Å². The second-order valence-corrected chi connectivity index (χ2v) is 7.04. The number of nitrogens with zero attached hydrogens (tertiary/aromatic N) is 2. The first-order valence-electron chi connectivity index (χ1n) is 8.45. The van der Waals surface area contributed by atoms with Crippen LogP contribution < -0.4 is 10.1 Å². The summed E-state index contributed by atoms with van der Waals surface area (Å²) in [6, 6.07) is 11.5. The summed E-state index contributed by atoms with van der Waals surface area (Å²) in [6.07, 6.45) is 0. The van der Waals surface area contributed by atoms with Crippen LogP contribution in [0.15, 0.2) is 42.5 Å². The average molecular weight is 381 g/mol. The molecule has 0 unspecified atom stereocenters. The third-order valence-electron chi connectivity index (χ3n) is 4.03. The van der Waals surface area contributed by atoms with Gasteiger partial charge < -0.3 is 4.74 Å². The molecule has 1 N–H and O–H groups in total. The Morgan fingerprint density at radius 3 is 2.78 bits per heavy atom. The summed E-state index contributed by atoms with van der Waals surface area (Å²) in [5, 5.41) is 3.76. The molecular formula is C20H16FN3O2S. The van der Waals surface area contributed by atoms with E-state index in [1.165, 1.54) is 23.5 Å². The van der Waals surface area contributed by atoms with Crippen molar-refractivity contribution in [1.29, 1.82) is 0 Å². The molecule has 1 amide bonds. The molecule has 0 atom stereocenters. The summed E-state index contributed by atoms with van der Waals surface area (Å²) >= 11 is 1.36. The Morgan fingerprint density at radius 2 is 1.96 bits per heavy atom. The maximum atomic E-state index is 13.7. The minimum absolute atomic E-state index is 0.347. The number of hydrogen-bond donors (Lipinski definition) is 1. The van der Waals surface area contributed by atoms with Crippen LogP contribution in [0.5, 0.6) is 5.75 Å². The van der Waals surface area contributed by atoms with E-state index in [0.717, 1.165) is 16.0 Å². The lowest BCUT2D eigenvalue weighted by atomic mass is 10.1. The highest BCUT2D eigenvalue weighted by Crippen LogP contribution is 2.30. The average Bonchev–Trinajstić information content (AvgIpc) is 3.03. The number of ether oxygens (including phenoxy) is 1. The number of carbonyl (C=O) groups excluding carboxylic acids is 1. The summed E-state index contributed by atoms with van der Waals surface area (Å²) in [5.41, 5.74) is 2.41. The van der Waals surface area contributed by atoms with Crippen molar-refractivity contribution in [2.45, 2.75) is 13.8 Å². The second-order valence-electron chi connectivity index (χ2n) is 6.01. The van der Waals surface area contributed by atoms with Crippen molar-refractivity contribution < 1.29 is 13.9 Å². The first kappa shape index (κ1) is 17.4. The second kappa shape index (κ2) is 6.92. The first-order chi connectivity index (χ1) is 13.0. The fourth-order valence-corrected chi connectivity index (χ4v) is 3.79. The highest BCUT2D eigenvalue weighted by Gasteiger charge is 2.15. The van der Waals surface area contributed by atoms with E-state index >= 15 is 0 Å². The summed E-state index contributed by atoms with van der Waals surface area (Å²) < 4.78 is 20.1. The van der Waals surface area contributed by atoms with Gasteiger partial charge in [0.2, 0.25) is 0 Å². The Balaban J connectivity index is 1.69. The zero-order valence-electron chi connectivity index (χ0n) is 14.7. The van der Waals surface area contributed by atoms with E-state index in [4.69, 9.17) is 4.74 Å². The Morgan fingerprint density at radius 1 is 1.15 bits per heavy atom. The lowest BCUT2D eigenvalue weighted by Crippen LogP contribution is -2.13. The number of fused-ring (bicyclic) bond motifs is 2. The van der Waals surface area contributed by atoms with Crippen molar-refractivity contribution in [1.82, 2.24) is 9.97 Å². The van der Waals surface area contributed by atoms with Crippen molar-refractivity contribution in [3.63, 3.8) is 0 Å². The SMILES string of the molecule is CCOc1ccc2nc(NC(=O)c3cc(C)nc4ccc(F)cc34)sc2c1. The van der Waals surface area contributed by atoms with E-state index in [-0.39, 0.29) is 5.91 Å². The molecule has 2 heterocycles. The predicted molar refractivity (Wildman–Crippen MR) is 105 cm³/mol. The van der Waals surface area contributed by atoms with Crippen molar-refractivity contribution in [3.05, 3.63) is 59.5 Å². The monoisotopic (exact) mass is 381 g/mol. The largest absolute Gasteiger partial charge is 0.494 e. The van der Waals surface area contributed by atoms with Gasteiger partial charge in [-0.2, -0.15) is 0 Å². The van der Waals surface area contributed by atoms with Crippen LogP contribution in [0, 0.1) is 12.7 Å². The molecule has 0 aliphatic carbocycles.